The molecule has 0 aliphatic carbocycles. The first-order chi connectivity index (χ1) is 6.18. The molecule has 0 saturated heterocycles. The summed E-state index contributed by atoms with van der Waals surface area (Å²) in [4.78, 5) is 21.8. The van der Waals surface area contributed by atoms with Crippen LogP contribution in [0.15, 0.2) is 36.6 Å². The van der Waals surface area contributed by atoms with E-state index in [2.05, 4.69) is 4.42 Å². The van der Waals surface area contributed by atoms with Crippen LogP contribution in [0.2, 0.25) is 0 Å². The molecule has 2 rings (SSSR count). The van der Waals surface area contributed by atoms with Gasteiger partial charge in [-0.25, -0.2) is 9.59 Å². The first-order valence-electron chi connectivity index (χ1n) is 3.72. The summed E-state index contributed by atoms with van der Waals surface area (Å²) in [6.45, 7) is 1.75. The summed E-state index contributed by atoms with van der Waals surface area (Å²) < 4.78 is 9.02. The highest BCUT2D eigenvalue weighted by molar-refractivity contribution is 5.77. The zero-order valence-electron chi connectivity index (χ0n) is 6.87. The normalized spacial score (nSPS) is 10.5. The van der Waals surface area contributed by atoms with Crippen LogP contribution in [-0.2, 0) is 0 Å². The van der Waals surface area contributed by atoms with Crippen LogP contribution < -0.4 is 11.4 Å². The number of para-hydroxylation sites is 1. The highest BCUT2D eigenvalue weighted by Crippen LogP contribution is 2.11. The van der Waals surface area contributed by atoms with Crippen LogP contribution in [0.3, 0.4) is 0 Å². The quantitative estimate of drug-likeness (QED) is 0.605. The minimum atomic E-state index is -0.966. The molecule has 0 spiro atoms. The van der Waals surface area contributed by atoms with E-state index < -0.39 is 11.4 Å². The lowest BCUT2D eigenvalue weighted by atomic mass is 10.2. The molecule has 4 nitrogen and oxygen atoms in total. The van der Waals surface area contributed by atoms with E-state index >= 15 is 0 Å². The van der Waals surface area contributed by atoms with Crippen LogP contribution in [0.1, 0.15) is 5.56 Å². The summed E-state index contributed by atoms with van der Waals surface area (Å²) in [5.41, 5.74) is 0.376. The van der Waals surface area contributed by atoms with Gasteiger partial charge in [0.15, 0.2) is 5.58 Å². The Balaban J connectivity index is 3.12. The molecule has 66 valence electrons. The third kappa shape index (κ3) is 1.16. The van der Waals surface area contributed by atoms with Crippen LogP contribution in [0.25, 0.3) is 11.0 Å². The number of benzene rings is 1. The molecule has 0 radical (unpaired) electrons. The second-order valence-corrected chi connectivity index (χ2v) is 2.69. The van der Waals surface area contributed by atoms with Crippen molar-refractivity contribution >= 4 is 11.0 Å². The first-order valence-corrected chi connectivity index (χ1v) is 3.72. The molecular weight excluding hydrogens is 172 g/mol. The summed E-state index contributed by atoms with van der Waals surface area (Å²) in [5, 5.41) is 0.291. The maximum atomic E-state index is 11.1. The molecule has 0 unspecified atom stereocenters. The molecule has 0 saturated carbocycles. The smallest absolute Gasteiger partial charge is 0.393 e. The molecule has 0 bridgehead atoms. The number of aryl methyl sites for hydroxylation is 1. The zero-order chi connectivity index (χ0) is 9.42. The second kappa shape index (κ2) is 2.58. The highest BCUT2D eigenvalue weighted by atomic mass is 16.6. The molecule has 1 aromatic heterocycles. The third-order valence-corrected chi connectivity index (χ3v) is 1.79. The van der Waals surface area contributed by atoms with Crippen molar-refractivity contribution < 1.29 is 8.83 Å². The van der Waals surface area contributed by atoms with Crippen LogP contribution in [0.5, 0.6) is 0 Å². The summed E-state index contributed by atoms with van der Waals surface area (Å²) in [6, 6.07) is 5.01. The molecule has 0 amide bonds. The van der Waals surface area contributed by atoms with Gasteiger partial charge in [-0.15, -0.1) is 0 Å². The molecule has 0 fully saturated rings. The van der Waals surface area contributed by atoms with Gasteiger partial charge in [-0.05, 0) is 18.6 Å². The van der Waals surface area contributed by atoms with Crippen molar-refractivity contribution in [1.82, 2.24) is 0 Å². The Morgan fingerprint density at radius 1 is 1.15 bits per heavy atom. The summed E-state index contributed by atoms with van der Waals surface area (Å²) >= 11 is 0. The van der Waals surface area contributed by atoms with Crippen molar-refractivity contribution in [2.24, 2.45) is 0 Å². The van der Waals surface area contributed by atoms with Crippen LogP contribution in [-0.4, -0.2) is 0 Å². The van der Waals surface area contributed by atoms with Gasteiger partial charge in [-0.3, -0.25) is 0 Å². The topological polar surface area (TPSA) is 60.4 Å². The molecule has 1 heterocycles. The summed E-state index contributed by atoms with van der Waals surface area (Å²) in [5.74, 6) is -0.966. The Hall–Kier alpha value is -1.84. The van der Waals surface area contributed by atoms with Gasteiger partial charge >= 0.3 is 11.4 Å². The van der Waals surface area contributed by atoms with Gasteiger partial charge in [-0.2, -0.15) is 0 Å². The van der Waals surface area contributed by atoms with Crippen molar-refractivity contribution in [3.05, 3.63) is 44.8 Å². The number of hydrogen-bond acceptors (Lipinski definition) is 4. The predicted molar refractivity (Wildman–Crippen MR) is 45.8 cm³/mol. The van der Waals surface area contributed by atoms with Crippen LogP contribution >= 0.6 is 0 Å². The molecule has 0 atom stereocenters. The minimum Gasteiger partial charge on any atom is -0.393 e. The van der Waals surface area contributed by atoms with Crippen molar-refractivity contribution in [1.29, 1.82) is 0 Å². The lowest BCUT2D eigenvalue weighted by molar-refractivity contribution is 0.327. The maximum Gasteiger partial charge on any atom is 0.522 e. The highest BCUT2D eigenvalue weighted by Gasteiger charge is 2.05. The average Bonchev–Trinajstić information content (AvgIpc) is 2.07. The Morgan fingerprint density at radius 3 is 2.69 bits per heavy atom. The van der Waals surface area contributed by atoms with E-state index in [9.17, 15) is 9.59 Å². The van der Waals surface area contributed by atoms with E-state index in [1.165, 1.54) is 0 Å². The Kier molecular flexibility index (Phi) is 1.55. The van der Waals surface area contributed by atoms with Gasteiger partial charge in [0.05, 0.1) is 0 Å². The zero-order valence-corrected chi connectivity index (χ0v) is 6.87. The van der Waals surface area contributed by atoms with E-state index in [0.29, 0.717) is 11.0 Å². The van der Waals surface area contributed by atoms with Crippen molar-refractivity contribution in [2.75, 3.05) is 0 Å². The standard InChI is InChI=1S/C9H6O4/c1-5-3-2-4-6-7(5)12-9(11)13-8(6)10/h2-4H,1H3. The SMILES string of the molecule is Cc1cccc2c(=O)oc(=O)oc12. The van der Waals surface area contributed by atoms with Crippen molar-refractivity contribution in [3.63, 3.8) is 0 Å². The molecule has 13 heavy (non-hydrogen) atoms. The van der Waals surface area contributed by atoms with Gasteiger partial charge < -0.3 is 8.83 Å². The largest absolute Gasteiger partial charge is 0.522 e. The predicted octanol–water partition coefficient (Wildman–Crippen LogP) is 1.05. The maximum absolute atomic E-state index is 11.1. The summed E-state index contributed by atoms with van der Waals surface area (Å²) in [6.07, 6.45) is 0. The van der Waals surface area contributed by atoms with Crippen LogP contribution in [0, 0.1) is 6.92 Å². The molecule has 0 N–H and O–H groups in total. The number of rotatable bonds is 0. The van der Waals surface area contributed by atoms with Gasteiger partial charge in [-0.1, -0.05) is 12.1 Å². The monoisotopic (exact) mass is 178 g/mol. The fourth-order valence-corrected chi connectivity index (χ4v) is 1.18. The van der Waals surface area contributed by atoms with E-state index in [-0.39, 0.29) is 0 Å². The van der Waals surface area contributed by atoms with Gasteiger partial charge in [0.25, 0.3) is 0 Å². The van der Waals surface area contributed by atoms with Crippen LogP contribution in [0.4, 0.5) is 0 Å². The number of fused-ring (bicyclic) bond motifs is 1. The third-order valence-electron chi connectivity index (χ3n) is 1.79. The fraction of sp³-hybridized carbons (Fsp3) is 0.111. The Morgan fingerprint density at radius 2 is 1.92 bits per heavy atom. The van der Waals surface area contributed by atoms with E-state index in [1.807, 2.05) is 0 Å². The lowest BCUT2D eigenvalue weighted by Gasteiger charge is -1.95. The molecule has 2 aromatic rings. The van der Waals surface area contributed by atoms with E-state index in [4.69, 9.17) is 4.42 Å². The van der Waals surface area contributed by atoms with E-state index in [1.54, 1.807) is 25.1 Å². The second-order valence-electron chi connectivity index (χ2n) is 2.69. The molecule has 0 aliphatic rings. The average molecular weight is 178 g/mol. The van der Waals surface area contributed by atoms with Gasteiger partial charge in [0.2, 0.25) is 0 Å². The number of hydrogen-bond donors (Lipinski definition) is 0. The minimum absolute atomic E-state index is 0.291. The molecular formula is C9H6O4. The summed E-state index contributed by atoms with van der Waals surface area (Å²) in [7, 11) is 0. The molecule has 1 aromatic carbocycles. The van der Waals surface area contributed by atoms with Crippen molar-refractivity contribution in [3.8, 4) is 0 Å². The fourth-order valence-electron chi connectivity index (χ4n) is 1.18. The van der Waals surface area contributed by atoms with Gasteiger partial charge in [0, 0.05) is 0 Å². The molecule has 4 heteroatoms. The Labute approximate surface area is 72.4 Å². The first kappa shape index (κ1) is 7.79. The lowest BCUT2D eigenvalue weighted by Crippen LogP contribution is -2.10. The Bertz CT molecular complexity index is 562. The molecule has 0 aliphatic heterocycles. The van der Waals surface area contributed by atoms with E-state index in [0.717, 1.165) is 5.56 Å². The van der Waals surface area contributed by atoms with Gasteiger partial charge in [0.1, 0.15) is 5.39 Å². The van der Waals surface area contributed by atoms with Crippen molar-refractivity contribution in [2.45, 2.75) is 6.92 Å².